The first kappa shape index (κ1) is 23.4. The van der Waals surface area contributed by atoms with Gasteiger partial charge in [-0.25, -0.2) is 4.79 Å². The van der Waals surface area contributed by atoms with Crippen LogP contribution in [0.2, 0.25) is 0 Å². The van der Waals surface area contributed by atoms with Gasteiger partial charge in [-0.1, -0.05) is 66.7 Å². The second-order valence-electron chi connectivity index (χ2n) is 6.96. The Labute approximate surface area is 167 Å². The van der Waals surface area contributed by atoms with Gasteiger partial charge in [0.05, 0.1) is 6.61 Å². The monoisotopic (exact) mass is 401 g/mol. The molecular weight excluding hydrogens is 366 g/mol. The number of hydrogen-bond donors (Lipinski definition) is 1. The van der Waals surface area contributed by atoms with E-state index in [4.69, 9.17) is 4.74 Å². The smallest absolute Gasteiger partial charge is 0.333 e. The zero-order valence-electron chi connectivity index (χ0n) is 16.2. The number of amides is 1. The van der Waals surface area contributed by atoms with Gasteiger partial charge in [-0.2, -0.15) is 0 Å². The van der Waals surface area contributed by atoms with Crippen LogP contribution in [0.1, 0.15) is 77.6 Å². The molecule has 0 aromatic rings. The van der Waals surface area contributed by atoms with Gasteiger partial charge in [0, 0.05) is 29.5 Å². The third-order valence-corrected chi connectivity index (χ3v) is 7.39. The van der Waals surface area contributed by atoms with E-state index in [1.165, 1.54) is 50.7 Å². The molecule has 1 atom stereocenters. The van der Waals surface area contributed by atoms with Gasteiger partial charge in [0.25, 0.3) is 0 Å². The lowest BCUT2D eigenvalue weighted by Crippen LogP contribution is -2.25. The normalized spacial score (nSPS) is 16.4. The van der Waals surface area contributed by atoms with Gasteiger partial charge in [-0.3, -0.25) is 4.79 Å². The van der Waals surface area contributed by atoms with Gasteiger partial charge in [-0.15, -0.1) is 0 Å². The van der Waals surface area contributed by atoms with Crippen molar-refractivity contribution < 1.29 is 14.3 Å². The van der Waals surface area contributed by atoms with Crippen LogP contribution in [0.25, 0.3) is 0 Å². The van der Waals surface area contributed by atoms with E-state index in [1.54, 1.807) is 6.92 Å². The fourth-order valence-corrected chi connectivity index (χ4v) is 5.81. The predicted molar refractivity (Wildman–Crippen MR) is 113 cm³/mol. The van der Waals surface area contributed by atoms with Crippen LogP contribution in [-0.4, -0.2) is 36.0 Å². The molecule has 6 heteroatoms. The summed E-state index contributed by atoms with van der Waals surface area (Å²) in [5.41, 5.74) is 0.404. The minimum absolute atomic E-state index is 0.100. The fraction of sp³-hybridized carbons (Fsp3) is 0.800. The van der Waals surface area contributed by atoms with Crippen molar-refractivity contribution >= 4 is 33.5 Å². The van der Waals surface area contributed by atoms with E-state index in [1.807, 2.05) is 10.8 Å². The molecular formula is C20H35NO3S2. The Morgan fingerprint density at radius 1 is 1.08 bits per heavy atom. The Balaban J connectivity index is 1.79. The first-order valence-corrected chi connectivity index (χ1v) is 12.4. The number of esters is 1. The highest BCUT2D eigenvalue weighted by molar-refractivity contribution is 8.77. The van der Waals surface area contributed by atoms with Crippen LogP contribution in [0.3, 0.4) is 0 Å². The molecule has 0 radical (unpaired) electrons. The van der Waals surface area contributed by atoms with Crippen LogP contribution in [0.15, 0.2) is 12.2 Å². The van der Waals surface area contributed by atoms with Gasteiger partial charge in [0.2, 0.25) is 5.91 Å². The van der Waals surface area contributed by atoms with Crippen molar-refractivity contribution in [2.24, 2.45) is 0 Å². The van der Waals surface area contributed by atoms with Gasteiger partial charge >= 0.3 is 5.97 Å². The molecule has 1 unspecified atom stereocenters. The van der Waals surface area contributed by atoms with Gasteiger partial charge in [-0.05, 0) is 32.6 Å². The molecule has 150 valence electrons. The molecule has 1 fully saturated rings. The Kier molecular flexibility index (Phi) is 13.9. The zero-order valence-corrected chi connectivity index (χ0v) is 17.9. The molecule has 0 aromatic carbocycles. The molecule has 1 heterocycles. The molecule has 1 rings (SSSR count). The summed E-state index contributed by atoms with van der Waals surface area (Å²) in [4.78, 5) is 22.9. The molecule has 0 aliphatic carbocycles. The summed E-state index contributed by atoms with van der Waals surface area (Å²) < 4.78 is 4.98. The third-order valence-electron chi connectivity index (χ3n) is 4.38. The maximum Gasteiger partial charge on any atom is 0.333 e. The molecule has 1 amide bonds. The van der Waals surface area contributed by atoms with Crippen molar-refractivity contribution in [3.63, 3.8) is 0 Å². The van der Waals surface area contributed by atoms with E-state index >= 15 is 0 Å². The van der Waals surface area contributed by atoms with E-state index in [0.717, 1.165) is 18.1 Å². The number of ether oxygens (including phenoxy) is 1. The van der Waals surface area contributed by atoms with Gasteiger partial charge in [0.1, 0.15) is 0 Å². The lowest BCUT2D eigenvalue weighted by atomic mass is 10.1. The number of carbonyl (C=O) groups is 2. The first-order valence-electron chi connectivity index (χ1n) is 9.97. The maximum absolute atomic E-state index is 11.7. The summed E-state index contributed by atoms with van der Waals surface area (Å²) >= 11 is 0. The number of carbonyl (C=O) groups excluding carboxylic acids is 2. The third kappa shape index (κ3) is 12.7. The highest BCUT2D eigenvalue weighted by Gasteiger charge is 2.15. The number of unbranched alkanes of at least 4 members (excludes halogenated alkanes) is 6. The van der Waals surface area contributed by atoms with Crippen LogP contribution in [0, 0.1) is 0 Å². The first-order chi connectivity index (χ1) is 12.6. The Hall–Kier alpha value is -0.620. The largest absolute Gasteiger partial charge is 0.462 e. The minimum Gasteiger partial charge on any atom is -0.462 e. The van der Waals surface area contributed by atoms with Crippen LogP contribution < -0.4 is 5.32 Å². The zero-order chi connectivity index (χ0) is 19.0. The molecule has 0 spiro atoms. The highest BCUT2D eigenvalue weighted by atomic mass is 33.1. The van der Waals surface area contributed by atoms with E-state index in [-0.39, 0.29) is 11.9 Å². The summed E-state index contributed by atoms with van der Waals surface area (Å²) in [6.45, 7) is 6.03. The number of nitrogens with one attached hydrogen (secondary N) is 1. The quantitative estimate of drug-likeness (QED) is 0.175. The van der Waals surface area contributed by atoms with Crippen molar-refractivity contribution in [2.45, 2.75) is 82.8 Å². The predicted octanol–water partition coefficient (Wildman–Crippen LogP) is 5.28. The van der Waals surface area contributed by atoms with Crippen molar-refractivity contribution in [3.05, 3.63) is 12.2 Å². The number of hydrogen-bond acceptors (Lipinski definition) is 5. The van der Waals surface area contributed by atoms with Crippen LogP contribution in [-0.2, 0) is 14.3 Å². The SMILES string of the molecule is C=C(C)C(=O)OCCCNC(=O)CCCCCCCCCC1CCSS1. The lowest BCUT2D eigenvalue weighted by molar-refractivity contribution is -0.138. The summed E-state index contributed by atoms with van der Waals surface area (Å²) in [5.74, 6) is 1.07. The van der Waals surface area contributed by atoms with Crippen molar-refractivity contribution in [1.82, 2.24) is 5.32 Å². The van der Waals surface area contributed by atoms with Crippen LogP contribution in [0.4, 0.5) is 0 Å². The Bertz CT molecular complexity index is 423. The van der Waals surface area contributed by atoms with Gasteiger partial charge < -0.3 is 10.1 Å². The molecule has 0 bridgehead atoms. The molecule has 26 heavy (non-hydrogen) atoms. The minimum atomic E-state index is -0.368. The maximum atomic E-state index is 11.7. The van der Waals surface area contributed by atoms with Crippen LogP contribution >= 0.6 is 21.6 Å². The molecule has 1 aliphatic rings. The van der Waals surface area contributed by atoms with Gasteiger partial charge in [0.15, 0.2) is 0 Å². The molecule has 1 N–H and O–H groups in total. The fourth-order valence-electron chi connectivity index (χ4n) is 2.78. The molecule has 4 nitrogen and oxygen atoms in total. The topological polar surface area (TPSA) is 55.4 Å². The highest BCUT2D eigenvalue weighted by Crippen LogP contribution is 2.39. The Morgan fingerprint density at radius 3 is 2.42 bits per heavy atom. The molecule has 1 saturated heterocycles. The number of rotatable bonds is 15. The second kappa shape index (κ2) is 15.4. The second-order valence-corrected chi connectivity index (χ2v) is 9.75. The Morgan fingerprint density at radius 2 is 1.77 bits per heavy atom. The average Bonchev–Trinajstić information content (AvgIpc) is 3.13. The van der Waals surface area contributed by atoms with E-state index < -0.39 is 0 Å². The molecule has 1 aliphatic heterocycles. The van der Waals surface area contributed by atoms with E-state index in [2.05, 4.69) is 22.7 Å². The molecule has 0 aromatic heterocycles. The molecule has 0 saturated carbocycles. The lowest BCUT2D eigenvalue weighted by Gasteiger charge is -2.07. The summed E-state index contributed by atoms with van der Waals surface area (Å²) in [5, 5.41) is 3.79. The average molecular weight is 402 g/mol. The van der Waals surface area contributed by atoms with Crippen molar-refractivity contribution in [2.75, 3.05) is 18.9 Å². The van der Waals surface area contributed by atoms with E-state index in [0.29, 0.717) is 31.6 Å². The van der Waals surface area contributed by atoms with Crippen LogP contribution in [0.5, 0.6) is 0 Å². The van der Waals surface area contributed by atoms with Crippen molar-refractivity contribution in [3.8, 4) is 0 Å². The summed E-state index contributed by atoms with van der Waals surface area (Å²) in [7, 11) is 4.12. The van der Waals surface area contributed by atoms with E-state index in [9.17, 15) is 9.59 Å². The summed E-state index contributed by atoms with van der Waals surface area (Å²) in [6.07, 6.45) is 12.7. The summed E-state index contributed by atoms with van der Waals surface area (Å²) in [6, 6.07) is 0. The standard InChI is InChI=1S/C20H35NO3S2/c1-17(2)20(23)24-15-10-14-21-19(22)12-9-7-5-3-4-6-8-11-18-13-16-25-26-18/h18H,1,3-16H2,2H3,(H,21,22). The van der Waals surface area contributed by atoms with Crippen molar-refractivity contribution in [1.29, 1.82) is 0 Å².